The molecule has 0 radical (unpaired) electrons. The first-order valence-corrected chi connectivity index (χ1v) is 7.41. The number of amides is 1. The molecule has 0 aliphatic carbocycles. The zero-order chi connectivity index (χ0) is 14.1. The van der Waals surface area contributed by atoms with Crippen LogP contribution in [0.4, 0.5) is 5.69 Å². The molecule has 1 aromatic carbocycles. The van der Waals surface area contributed by atoms with E-state index < -0.39 is 0 Å². The van der Waals surface area contributed by atoms with Crippen LogP contribution in [0.3, 0.4) is 0 Å². The average molecular weight is 326 g/mol. The van der Waals surface area contributed by atoms with Crippen LogP contribution in [0.1, 0.15) is 5.69 Å². The molecule has 7 heteroatoms. The standard InChI is InChI=1S/C13H9Cl2N3OS/c14-10-2-1-8(5-11(10)15)16-12(19)6-9-7-18-3-4-20-13(18)17-9/h1-5,7H,6H2,(H,16,19). The van der Waals surface area contributed by atoms with E-state index in [0.717, 1.165) is 10.7 Å². The third-order valence-electron chi connectivity index (χ3n) is 2.69. The number of nitrogens with zero attached hydrogens (tertiary/aromatic N) is 2. The van der Waals surface area contributed by atoms with E-state index in [1.54, 1.807) is 18.2 Å². The molecule has 0 fully saturated rings. The third kappa shape index (κ3) is 2.80. The van der Waals surface area contributed by atoms with Crippen LogP contribution in [-0.2, 0) is 11.2 Å². The van der Waals surface area contributed by atoms with E-state index in [2.05, 4.69) is 10.3 Å². The predicted octanol–water partition coefficient (Wildman–Crippen LogP) is 3.88. The number of fused-ring (bicyclic) bond motifs is 1. The Morgan fingerprint density at radius 2 is 2.20 bits per heavy atom. The van der Waals surface area contributed by atoms with Gasteiger partial charge in [-0.25, -0.2) is 4.98 Å². The van der Waals surface area contributed by atoms with E-state index in [1.165, 1.54) is 11.3 Å². The quantitative estimate of drug-likeness (QED) is 0.794. The number of nitrogens with one attached hydrogen (secondary N) is 1. The summed E-state index contributed by atoms with van der Waals surface area (Å²) in [6, 6.07) is 4.97. The normalized spacial score (nSPS) is 10.9. The highest BCUT2D eigenvalue weighted by Gasteiger charge is 2.09. The van der Waals surface area contributed by atoms with Crippen LogP contribution in [0.25, 0.3) is 4.96 Å². The second kappa shape index (κ2) is 5.44. The van der Waals surface area contributed by atoms with Gasteiger partial charge in [0.25, 0.3) is 0 Å². The summed E-state index contributed by atoms with van der Waals surface area (Å²) in [5.41, 5.74) is 1.35. The molecule has 0 bridgehead atoms. The molecule has 0 saturated carbocycles. The van der Waals surface area contributed by atoms with Gasteiger partial charge in [0.15, 0.2) is 4.96 Å². The van der Waals surface area contributed by atoms with Crippen LogP contribution in [0.2, 0.25) is 10.0 Å². The van der Waals surface area contributed by atoms with Crippen molar-refractivity contribution in [3.8, 4) is 0 Å². The molecular formula is C13H9Cl2N3OS. The SMILES string of the molecule is O=C(Cc1cn2ccsc2n1)Nc1ccc(Cl)c(Cl)c1. The first kappa shape index (κ1) is 13.4. The number of hydrogen-bond acceptors (Lipinski definition) is 3. The van der Waals surface area contributed by atoms with Crippen LogP contribution in [0.15, 0.2) is 36.0 Å². The van der Waals surface area contributed by atoms with Gasteiger partial charge < -0.3 is 5.32 Å². The number of hydrogen-bond donors (Lipinski definition) is 1. The van der Waals surface area contributed by atoms with Crippen molar-refractivity contribution < 1.29 is 4.79 Å². The first-order chi connectivity index (χ1) is 9.61. The van der Waals surface area contributed by atoms with Gasteiger partial charge in [-0.3, -0.25) is 9.20 Å². The zero-order valence-electron chi connectivity index (χ0n) is 10.1. The summed E-state index contributed by atoms with van der Waals surface area (Å²) in [5, 5.41) is 5.58. The predicted molar refractivity (Wildman–Crippen MR) is 81.9 cm³/mol. The Balaban J connectivity index is 1.70. The van der Waals surface area contributed by atoms with Crippen LogP contribution in [0.5, 0.6) is 0 Å². The minimum Gasteiger partial charge on any atom is -0.326 e. The van der Waals surface area contributed by atoms with Gasteiger partial charge in [-0.05, 0) is 18.2 Å². The number of anilines is 1. The lowest BCUT2D eigenvalue weighted by atomic mass is 10.3. The van der Waals surface area contributed by atoms with Crippen molar-refractivity contribution in [2.75, 3.05) is 5.32 Å². The molecule has 2 heterocycles. The lowest BCUT2D eigenvalue weighted by molar-refractivity contribution is -0.115. The monoisotopic (exact) mass is 325 g/mol. The fraction of sp³-hybridized carbons (Fsp3) is 0.0769. The molecule has 0 spiro atoms. The highest BCUT2D eigenvalue weighted by Crippen LogP contribution is 2.25. The Kier molecular flexibility index (Phi) is 3.65. The van der Waals surface area contributed by atoms with Gasteiger partial charge in [-0.1, -0.05) is 23.2 Å². The molecule has 102 valence electrons. The van der Waals surface area contributed by atoms with Crippen LogP contribution in [0, 0.1) is 0 Å². The molecule has 0 atom stereocenters. The molecule has 0 unspecified atom stereocenters. The molecule has 1 N–H and O–H groups in total. The largest absolute Gasteiger partial charge is 0.326 e. The van der Waals surface area contributed by atoms with Gasteiger partial charge in [-0.2, -0.15) is 0 Å². The number of imidazole rings is 1. The van der Waals surface area contributed by atoms with Crippen molar-refractivity contribution in [2.45, 2.75) is 6.42 Å². The van der Waals surface area contributed by atoms with E-state index in [1.807, 2.05) is 22.2 Å². The number of carbonyl (C=O) groups is 1. The second-order valence-electron chi connectivity index (χ2n) is 4.18. The minimum absolute atomic E-state index is 0.144. The van der Waals surface area contributed by atoms with Crippen molar-refractivity contribution in [2.24, 2.45) is 0 Å². The molecule has 20 heavy (non-hydrogen) atoms. The van der Waals surface area contributed by atoms with E-state index >= 15 is 0 Å². The highest BCUT2D eigenvalue weighted by atomic mass is 35.5. The Bertz CT molecular complexity index is 752. The third-order valence-corrected chi connectivity index (χ3v) is 4.20. The number of carbonyl (C=O) groups excluding carboxylic acids is 1. The molecule has 2 aromatic heterocycles. The summed E-state index contributed by atoms with van der Waals surface area (Å²) in [6.45, 7) is 0. The van der Waals surface area contributed by atoms with Crippen molar-refractivity contribution in [3.63, 3.8) is 0 Å². The summed E-state index contributed by atoms with van der Waals surface area (Å²) in [4.78, 5) is 17.2. The molecule has 3 rings (SSSR count). The highest BCUT2D eigenvalue weighted by molar-refractivity contribution is 7.15. The van der Waals surface area contributed by atoms with Crippen molar-refractivity contribution in [3.05, 3.63) is 51.7 Å². The van der Waals surface area contributed by atoms with E-state index in [4.69, 9.17) is 23.2 Å². The molecular weight excluding hydrogens is 317 g/mol. The van der Waals surface area contributed by atoms with Crippen LogP contribution >= 0.6 is 34.5 Å². The summed E-state index contributed by atoms with van der Waals surface area (Å²) in [7, 11) is 0. The Morgan fingerprint density at radius 3 is 2.95 bits per heavy atom. The van der Waals surface area contributed by atoms with Crippen LogP contribution < -0.4 is 5.32 Å². The van der Waals surface area contributed by atoms with Gasteiger partial charge in [0.2, 0.25) is 5.91 Å². The van der Waals surface area contributed by atoms with Crippen LogP contribution in [-0.4, -0.2) is 15.3 Å². The maximum absolute atomic E-state index is 11.9. The number of halogens is 2. The molecule has 0 aliphatic heterocycles. The number of thiazole rings is 1. The number of aromatic nitrogens is 2. The van der Waals surface area contributed by atoms with E-state index in [-0.39, 0.29) is 12.3 Å². The minimum atomic E-state index is -0.144. The fourth-order valence-corrected chi connectivity index (χ4v) is 2.82. The number of rotatable bonds is 3. The van der Waals surface area contributed by atoms with Gasteiger partial charge in [0, 0.05) is 23.5 Å². The van der Waals surface area contributed by atoms with Gasteiger partial charge in [0.05, 0.1) is 22.2 Å². The van der Waals surface area contributed by atoms with E-state index in [9.17, 15) is 4.79 Å². The van der Waals surface area contributed by atoms with Gasteiger partial charge in [-0.15, -0.1) is 11.3 Å². The second-order valence-corrected chi connectivity index (χ2v) is 5.87. The molecule has 0 saturated heterocycles. The Hall–Kier alpha value is -1.56. The molecule has 0 aliphatic rings. The van der Waals surface area contributed by atoms with E-state index in [0.29, 0.717) is 15.7 Å². The topological polar surface area (TPSA) is 46.4 Å². The summed E-state index contributed by atoms with van der Waals surface area (Å²) < 4.78 is 1.90. The van der Waals surface area contributed by atoms with Crippen molar-refractivity contribution in [1.29, 1.82) is 0 Å². The first-order valence-electron chi connectivity index (χ1n) is 5.78. The van der Waals surface area contributed by atoms with Gasteiger partial charge in [0.1, 0.15) is 0 Å². The molecule has 1 amide bonds. The maximum atomic E-state index is 11.9. The van der Waals surface area contributed by atoms with Crippen molar-refractivity contribution in [1.82, 2.24) is 9.38 Å². The van der Waals surface area contributed by atoms with Gasteiger partial charge >= 0.3 is 0 Å². The molecule has 3 aromatic rings. The summed E-state index contributed by atoms with van der Waals surface area (Å²) in [6.07, 6.45) is 3.97. The average Bonchev–Trinajstić information content (AvgIpc) is 2.94. The smallest absolute Gasteiger partial charge is 0.230 e. The lowest BCUT2D eigenvalue weighted by Crippen LogP contribution is -2.14. The Labute approximate surface area is 129 Å². The lowest BCUT2D eigenvalue weighted by Gasteiger charge is -2.05. The zero-order valence-corrected chi connectivity index (χ0v) is 12.5. The summed E-state index contributed by atoms with van der Waals surface area (Å²) in [5.74, 6) is -0.144. The van der Waals surface area contributed by atoms with Crippen molar-refractivity contribution >= 4 is 51.1 Å². The fourth-order valence-electron chi connectivity index (χ4n) is 1.80. The molecule has 4 nitrogen and oxygen atoms in total. The maximum Gasteiger partial charge on any atom is 0.230 e. The Morgan fingerprint density at radius 1 is 1.35 bits per heavy atom. The summed E-state index contributed by atoms with van der Waals surface area (Å²) >= 11 is 13.3. The number of benzene rings is 1.